The molecule has 0 amide bonds. The molecule has 0 atom stereocenters. The van der Waals surface area contributed by atoms with Crippen LogP contribution in [-0.4, -0.2) is 25.9 Å². The zero-order valence-electron chi connectivity index (χ0n) is 18.4. The van der Waals surface area contributed by atoms with Crippen LogP contribution in [0.2, 0.25) is 0 Å². The maximum Gasteiger partial charge on any atom is 0.335 e. The highest BCUT2D eigenvalue weighted by atomic mass is 16.4. The van der Waals surface area contributed by atoms with Crippen LogP contribution in [0.5, 0.6) is 11.6 Å². The maximum atomic E-state index is 11.3. The molecule has 0 saturated heterocycles. The van der Waals surface area contributed by atoms with Crippen molar-refractivity contribution in [3.05, 3.63) is 89.1 Å². The summed E-state index contributed by atoms with van der Waals surface area (Å²) >= 11 is 0. The molecule has 166 valence electrons. The number of para-hydroxylation sites is 1. The number of nitrogens with zero attached hydrogens (tertiary/aromatic N) is 3. The van der Waals surface area contributed by atoms with Gasteiger partial charge in [0.25, 0.3) is 0 Å². The predicted octanol–water partition coefficient (Wildman–Crippen LogP) is 6.59. The summed E-state index contributed by atoms with van der Waals surface area (Å²) in [5.74, 6) is -1.23. The number of aromatic carboxylic acids is 1. The van der Waals surface area contributed by atoms with Gasteiger partial charge in [-0.15, -0.1) is 10.2 Å². The summed E-state index contributed by atoms with van der Waals surface area (Å²) in [5, 5.41) is 39.1. The Kier molecular flexibility index (Phi) is 5.70. The predicted molar refractivity (Wildman–Crippen MR) is 126 cm³/mol. The third kappa shape index (κ3) is 4.21. The van der Waals surface area contributed by atoms with Crippen LogP contribution in [0.3, 0.4) is 0 Å². The van der Waals surface area contributed by atoms with E-state index >= 15 is 0 Å². The zero-order valence-corrected chi connectivity index (χ0v) is 18.4. The van der Waals surface area contributed by atoms with Gasteiger partial charge in [0.2, 0.25) is 5.88 Å². The largest absolute Gasteiger partial charge is 0.505 e. The Morgan fingerprint density at radius 1 is 0.848 bits per heavy atom. The summed E-state index contributed by atoms with van der Waals surface area (Å²) in [7, 11) is 0. The van der Waals surface area contributed by atoms with Crippen molar-refractivity contribution >= 4 is 17.3 Å². The molecule has 4 aromatic rings. The zero-order chi connectivity index (χ0) is 23.7. The van der Waals surface area contributed by atoms with Gasteiger partial charge in [-0.3, -0.25) is 4.57 Å². The summed E-state index contributed by atoms with van der Waals surface area (Å²) in [6.07, 6.45) is 1.78. The highest BCUT2D eigenvalue weighted by Crippen LogP contribution is 2.40. The van der Waals surface area contributed by atoms with E-state index in [4.69, 9.17) is 0 Å². The number of hydrogen-bond acceptors (Lipinski definition) is 5. The highest BCUT2D eigenvalue weighted by Gasteiger charge is 2.15. The summed E-state index contributed by atoms with van der Waals surface area (Å²) in [6.45, 7) is 5.85. The molecule has 4 rings (SSSR count). The summed E-state index contributed by atoms with van der Waals surface area (Å²) in [4.78, 5) is 11.3. The maximum absolute atomic E-state index is 11.3. The highest BCUT2D eigenvalue weighted by molar-refractivity contribution is 5.90. The minimum Gasteiger partial charge on any atom is -0.505 e. The van der Waals surface area contributed by atoms with Crippen molar-refractivity contribution in [2.75, 3.05) is 0 Å². The first kappa shape index (κ1) is 21.8. The summed E-state index contributed by atoms with van der Waals surface area (Å²) < 4.78 is 1.64. The monoisotopic (exact) mass is 441 g/mol. The molecule has 0 bridgehead atoms. The van der Waals surface area contributed by atoms with Gasteiger partial charge in [0.05, 0.1) is 5.56 Å². The summed E-state index contributed by atoms with van der Waals surface area (Å²) in [5.41, 5.74) is 5.39. The average Bonchev–Trinajstić information content (AvgIpc) is 3.08. The van der Waals surface area contributed by atoms with Crippen LogP contribution in [0.1, 0.15) is 27.0 Å². The molecule has 7 heteroatoms. The Balaban J connectivity index is 1.70. The molecule has 1 heterocycles. The third-order valence-electron chi connectivity index (χ3n) is 5.60. The van der Waals surface area contributed by atoms with E-state index in [1.54, 1.807) is 41.1 Å². The second kappa shape index (κ2) is 8.63. The number of phenols is 1. The molecule has 0 aliphatic heterocycles. The fourth-order valence-corrected chi connectivity index (χ4v) is 3.57. The Hall–Kier alpha value is -4.39. The first-order chi connectivity index (χ1) is 15.8. The fourth-order valence-electron chi connectivity index (χ4n) is 3.57. The lowest BCUT2D eigenvalue weighted by molar-refractivity contribution is 0.0697. The lowest BCUT2D eigenvalue weighted by Gasteiger charge is -2.08. The van der Waals surface area contributed by atoms with E-state index in [2.05, 4.69) is 10.2 Å². The number of hydrogen-bond donors (Lipinski definition) is 3. The number of aryl methyl sites for hydroxylation is 3. The molecule has 3 N–H and O–H groups in total. The smallest absolute Gasteiger partial charge is 0.335 e. The van der Waals surface area contributed by atoms with E-state index in [0.29, 0.717) is 16.8 Å². The molecule has 0 spiro atoms. The van der Waals surface area contributed by atoms with E-state index in [1.807, 2.05) is 39.0 Å². The van der Waals surface area contributed by atoms with Crippen LogP contribution in [0.25, 0.3) is 16.8 Å². The number of azo groups is 1. The van der Waals surface area contributed by atoms with Gasteiger partial charge in [-0.1, -0.05) is 30.3 Å². The second-order valence-corrected chi connectivity index (χ2v) is 7.88. The molecule has 0 fully saturated rings. The average molecular weight is 441 g/mol. The number of carboxylic acid groups (broad SMARTS) is 1. The normalized spacial score (nSPS) is 11.2. The van der Waals surface area contributed by atoms with Gasteiger partial charge < -0.3 is 15.3 Å². The van der Waals surface area contributed by atoms with Crippen LogP contribution in [0.15, 0.2) is 77.1 Å². The Labute approximate surface area is 190 Å². The van der Waals surface area contributed by atoms with Crippen LogP contribution < -0.4 is 0 Å². The van der Waals surface area contributed by atoms with E-state index in [-0.39, 0.29) is 22.9 Å². The molecule has 0 unspecified atom stereocenters. The molecule has 0 aliphatic carbocycles. The Morgan fingerprint density at radius 3 is 2.33 bits per heavy atom. The molecule has 0 aliphatic rings. The van der Waals surface area contributed by atoms with Gasteiger partial charge in [-0.25, -0.2) is 4.79 Å². The van der Waals surface area contributed by atoms with Gasteiger partial charge in [0, 0.05) is 17.4 Å². The number of aromatic nitrogens is 1. The minimum absolute atomic E-state index is 0.0516. The van der Waals surface area contributed by atoms with E-state index < -0.39 is 5.97 Å². The van der Waals surface area contributed by atoms with Crippen molar-refractivity contribution in [1.29, 1.82) is 0 Å². The van der Waals surface area contributed by atoms with E-state index in [0.717, 1.165) is 22.4 Å². The van der Waals surface area contributed by atoms with Crippen molar-refractivity contribution in [2.45, 2.75) is 20.8 Å². The molecule has 1 aromatic heterocycles. The minimum atomic E-state index is -1.05. The fraction of sp³-hybridized carbons (Fsp3) is 0.115. The molecule has 0 radical (unpaired) electrons. The molecular formula is C26H23N3O4. The van der Waals surface area contributed by atoms with Crippen LogP contribution in [-0.2, 0) is 0 Å². The first-order valence-electron chi connectivity index (χ1n) is 10.3. The molecule has 3 aromatic carbocycles. The first-order valence-corrected chi connectivity index (χ1v) is 10.3. The van der Waals surface area contributed by atoms with Crippen molar-refractivity contribution in [3.8, 4) is 28.4 Å². The van der Waals surface area contributed by atoms with Crippen molar-refractivity contribution in [2.24, 2.45) is 10.2 Å². The van der Waals surface area contributed by atoms with Crippen LogP contribution in [0.4, 0.5) is 11.4 Å². The van der Waals surface area contributed by atoms with Gasteiger partial charge in [0.1, 0.15) is 5.69 Å². The number of phenolic OH excluding ortho intramolecular Hbond substituents is 1. The lowest BCUT2D eigenvalue weighted by Crippen LogP contribution is -1.95. The quantitative estimate of drug-likeness (QED) is 0.303. The molecule has 7 nitrogen and oxygen atoms in total. The third-order valence-corrected chi connectivity index (χ3v) is 5.60. The molecule has 0 saturated carbocycles. The Bertz CT molecular complexity index is 1400. The SMILES string of the molecule is Cc1ccc(-n2cc(C)c(N=Nc3cccc(-c4cccc(C(=O)O)c4)c3O)c2O)cc1C. The lowest BCUT2D eigenvalue weighted by atomic mass is 10.0. The van der Waals surface area contributed by atoms with Gasteiger partial charge in [0.15, 0.2) is 11.4 Å². The van der Waals surface area contributed by atoms with Crippen LogP contribution >= 0.6 is 0 Å². The number of aromatic hydroxyl groups is 2. The number of carbonyl (C=O) groups is 1. The van der Waals surface area contributed by atoms with Gasteiger partial charge in [-0.2, -0.15) is 0 Å². The second-order valence-electron chi connectivity index (χ2n) is 7.88. The van der Waals surface area contributed by atoms with Crippen LogP contribution in [0, 0.1) is 20.8 Å². The number of benzene rings is 3. The standard InChI is InChI=1S/C26H23N3O4/c1-15-10-11-20(12-16(15)2)29-14-17(3)23(25(29)31)28-27-22-9-5-8-21(24(22)30)18-6-4-7-19(13-18)26(32)33/h4-14,30-31H,1-3H3,(H,32,33). The number of rotatable bonds is 5. The van der Waals surface area contributed by atoms with Gasteiger partial charge >= 0.3 is 5.97 Å². The van der Waals surface area contributed by atoms with Crippen molar-refractivity contribution in [3.63, 3.8) is 0 Å². The van der Waals surface area contributed by atoms with E-state index in [9.17, 15) is 20.1 Å². The summed E-state index contributed by atoms with van der Waals surface area (Å²) in [6, 6.07) is 17.2. The van der Waals surface area contributed by atoms with Crippen molar-refractivity contribution in [1.82, 2.24) is 4.57 Å². The molecule has 33 heavy (non-hydrogen) atoms. The Morgan fingerprint density at radius 2 is 1.61 bits per heavy atom. The topological polar surface area (TPSA) is 107 Å². The number of carboxylic acids is 1. The van der Waals surface area contributed by atoms with Gasteiger partial charge in [-0.05, 0) is 73.4 Å². The van der Waals surface area contributed by atoms with E-state index in [1.165, 1.54) is 12.1 Å². The molecular weight excluding hydrogens is 418 g/mol. The van der Waals surface area contributed by atoms with Crippen molar-refractivity contribution < 1.29 is 20.1 Å².